The molecule has 0 atom stereocenters. The van der Waals surface area contributed by atoms with Crippen molar-refractivity contribution in [2.24, 2.45) is 0 Å². The third kappa shape index (κ3) is 2.21. The highest BCUT2D eigenvalue weighted by Crippen LogP contribution is 2.21. The van der Waals surface area contributed by atoms with Gasteiger partial charge in [0.1, 0.15) is 0 Å². The number of halogens is 1. The lowest BCUT2D eigenvalue weighted by atomic mass is 10.2. The van der Waals surface area contributed by atoms with Crippen LogP contribution in [0.4, 0.5) is 5.69 Å². The van der Waals surface area contributed by atoms with Crippen molar-refractivity contribution < 1.29 is 9.53 Å². The van der Waals surface area contributed by atoms with E-state index in [0.717, 1.165) is 10.2 Å². The molecule has 0 heterocycles. The number of rotatable bonds is 2. The lowest BCUT2D eigenvalue weighted by molar-refractivity contribution is 0.0602. The predicted octanol–water partition coefficient (Wildman–Crippen LogP) is 2.28. The Morgan fingerprint density at radius 3 is 2.77 bits per heavy atom. The molecule has 0 aliphatic carbocycles. The molecule has 0 spiro atoms. The molecule has 0 radical (unpaired) electrons. The Kier molecular flexibility index (Phi) is 3.31. The zero-order valence-corrected chi connectivity index (χ0v) is 9.01. The van der Waals surface area contributed by atoms with Crippen molar-refractivity contribution in [3.8, 4) is 0 Å². The Hall–Kier alpha value is -1.03. The molecular formula is C9H10BrNO2. The maximum absolute atomic E-state index is 11.3. The van der Waals surface area contributed by atoms with Gasteiger partial charge in [-0.25, -0.2) is 4.79 Å². The van der Waals surface area contributed by atoms with E-state index >= 15 is 0 Å². The second kappa shape index (κ2) is 4.28. The maximum Gasteiger partial charge on any atom is 0.340 e. The Labute approximate surface area is 85.2 Å². The number of nitrogens with one attached hydrogen (secondary N) is 1. The molecule has 0 aliphatic heterocycles. The van der Waals surface area contributed by atoms with Gasteiger partial charge in [-0.1, -0.05) is 15.9 Å². The van der Waals surface area contributed by atoms with E-state index in [1.807, 2.05) is 12.1 Å². The minimum absolute atomic E-state index is 0.342. The fraction of sp³-hybridized carbons (Fsp3) is 0.222. The molecule has 3 nitrogen and oxygen atoms in total. The summed E-state index contributed by atoms with van der Waals surface area (Å²) in [4.78, 5) is 11.3. The van der Waals surface area contributed by atoms with Crippen LogP contribution in [0.5, 0.6) is 0 Å². The van der Waals surface area contributed by atoms with Gasteiger partial charge in [0.15, 0.2) is 0 Å². The lowest BCUT2D eigenvalue weighted by Crippen LogP contribution is -2.05. The molecule has 0 amide bonds. The van der Waals surface area contributed by atoms with Gasteiger partial charge in [0.2, 0.25) is 0 Å². The van der Waals surface area contributed by atoms with Crippen molar-refractivity contribution in [1.29, 1.82) is 0 Å². The minimum atomic E-state index is -0.342. The van der Waals surface area contributed by atoms with Crippen molar-refractivity contribution in [2.45, 2.75) is 0 Å². The monoisotopic (exact) mass is 243 g/mol. The van der Waals surface area contributed by atoms with Gasteiger partial charge in [-0.3, -0.25) is 0 Å². The Morgan fingerprint density at radius 1 is 1.54 bits per heavy atom. The first-order valence-corrected chi connectivity index (χ1v) is 4.54. The predicted molar refractivity (Wildman–Crippen MR) is 55.0 cm³/mol. The van der Waals surface area contributed by atoms with Crippen LogP contribution in [0.15, 0.2) is 22.7 Å². The van der Waals surface area contributed by atoms with Crippen LogP contribution < -0.4 is 5.32 Å². The van der Waals surface area contributed by atoms with Gasteiger partial charge >= 0.3 is 5.97 Å². The Morgan fingerprint density at radius 2 is 2.23 bits per heavy atom. The summed E-state index contributed by atoms with van der Waals surface area (Å²) in [5.41, 5.74) is 1.29. The quantitative estimate of drug-likeness (QED) is 0.811. The first-order valence-electron chi connectivity index (χ1n) is 3.74. The average Bonchev–Trinajstić information content (AvgIpc) is 2.16. The van der Waals surface area contributed by atoms with Gasteiger partial charge < -0.3 is 10.1 Å². The zero-order valence-electron chi connectivity index (χ0n) is 7.43. The molecule has 0 aromatic heterocycles. The van der Waals surface area contributed by atoms with Gasteiger partial charge in [0.25, 0.3) is 0 Å². The van der Waals surface area contributed by atoms with E-state index in [1.165, 1.54) is 7.11 Å². The number of ether oxygens (including phenoxy) is 1. The summed E-state index contributed by atoms with van der Waals surface area (Å²) in [6, 6.07) is 5.40. The standard InChI is InChI=1S/C9H10BrNO2/c1-11-8-4-3-6(10)5-7(8)9(12)13-2/h3-5,11H,1-2H3. The number of carbonyl (C=O) groups is 1. The van der Waals surface area contributed by atoms with Crippen LogP contribution in [0.25, 0.3) is 0 Å². The second-order valence-electron chi connectivity index (χ2n) is 2.43. The topological polar surface area (TPSA) is 38.3 Å². The maximum atomic E-state index is 11.3. The van der Waals surface area contributed by atoms with Crippen molar-refractivity contribution in [3.05, 3.63) is 28.2 Å². The number of carbonyl (C=O) groups excluding carboxylic acids is 1. The molecule has 1 N–H and O–H groups in total. The van der Waals surface area contributed by atoms with E-state index in [0.29, 0.717) is 5.56 Å². The van der Waals surface area contributed by atoms with Crippen LogP contribution in [0.3, 0.4) is 0 Å². The van der Waals surface area contributed by atoms with Crippen molar-refractivity contribution in [1.82, 2.24) is 0 Å². The lowest BCUT2D eigenvalue weighted by Gasteiger charge is -2.06. The Bertz CT molecular complexity index is 325. The highest BCUT2D eigenvalue weighted by atomic mass is 79.9. The number of methoxy groups -OCH3 is 1. The molecule has 4 heteroatoms. The minimum Gasteiger partial charge on any atom is -0.465 e. The smallest absolute Gasteiger partial charge is 0.340 e. The summed E-state index contributed by atoms with van der Waals surface area (Å²) in [6.07, 6.45) is 0. The van der Waals surface area contributed by atoms with Gasteiger partial charge in [0, 0.05) is 17.2 Å². The van der Waals surface area contributed by atoms with Crippen LogP contribution in [-0.2, 0) is 4.74 Å². The van der Waals surface area contributed by atoms with Crippen LogP contribution in [-0.4, -0.2) is 20.1 Å². The fourth-order valence-corrected chi connectivity index (χ4v) is 1.37. The molecule has 0 bridgehead atoms. The van der Waals surface area contributed by atoms with Crippen molar-refractivity contribution in [3.63, 3.8) is 0 Å². The van der Waals surface area contributed by atoms with E-state index in [4.69, 9.17) is 0 Å². The number of esters is 1. The summed E-state index contributed by atoms with van der Waals surface area (Å²) >= 11 is 3.29. The van der Waals surface area contributed by atoms with Crippen molar-refractivity contribution in [2.75, 3.05) is 19.5 Å². The molecule has 13 heavy (non-hydrogen) atoms. The van der Waals surface area contributed by atoms with Gasteiger partial charge in [0.05, 0.1) is 12.7 Å². The van der Waals surface area contributed by atoms with E-state index in [2.05, 4.69) is 26.0 Å². The summed E-state index contributed by atoms with van der Waals surface area (Å²) in [5.74, 6) is -0.342. The van der Waals surface area contributed by atoms with Gasteiger partial charge in [-0.15, -0.1) is 0 Å². The van der Waals surface area contributed by atoms with Crippen LogP contribution in [0.2, 0.25) is 0 Å². The summed E-state index contributed by atoms with van der Waals surface area (Å²) in [5, 5.41) is 2.92. The number of benzene rings is 1. The van der Waals surface area contributed by atoms with Crippen LogP contribution in [0.1, 0.15) is 10.4 Å². The Balaban J connectivity index is 3.15. The largest absolute Gasteiger partial charge is 0.465 e. The van der Waals surface area contributed by atoms with Gasteiger partial charge in [-0.05, 0) is 18.2 Å². The van der Waals surface area contributed by atoms with Gasteiger partial charge in [-0.2, -0.15) is 0 Å². The average molecular weight is 244 g/mol. The number of hydrogen-bond donors (Lipinski definition) is 1. The first kappa shape index (κ1) is 10.1. The third-order valence-electron chi connectivity index (χ3n) is 1.66. The molecule has 1 aromatic carbocycles. The molecule has 0 saturated heterocycles. The van der Waals surface area contributed by atoms with E-state index in [-0.39, 0.29) is 5.97 Å². The summed E-state index contributed by atoms with van der Waals surface area (Å²) in [6.45, 7) is 0. The SMILES string of the molecule is CNc1ccc(Br)cc1C(=O)OC. The van der Waals surface area contributed by atoms with Crippen LogP contribution >= 0.6 is 15.9 Å². The van der Waals surface area contributed by atoms with E-state index < -0.39 is 0 Å². The summed E-state index contributed by atoms with van der Waals surface area (Å²) in [7, 11) is 3.12. The molecular weight excluding hydrogens is 234 g/mol. The normalized spacial score (nSPS) is 9.46. The first-order chi connectivity index (χ1) is 6.19. The zero-order chi connectivity index (χ0) is 9.84. The molecule has 0 unspecified atom stereocenters. The molecule has 0 aliphatic rings. The molecule has 1 rings (SSSR count). The van der Waals surface area contributed by atoms with Crippen LogP contribution in [0, 0.1) is 0 Å². The third-order valence-corrected chi connectivity index (χ3v) is 2.15. The molecule has 70 valence electrons. The molecule has 0 saturated carbocycles. The fourth-order valence-electron chi connectivity index (χ4n) is 1.01. The van der Waals surface area contributed by atoms with Crippen molar-refractivity contribution >= 4 is 27.6 Å². The van der Waals surface area contributed by atoms with E-state index in [9.17, 15) is 4.79 Å². The summed E-state index contributed by atoms with van der Waals surface area (Å²) < 4.78 is 5.49. The number of anilines is 1. The second-order valence-corrected chi connectivity index (χ2v) is 3.35. The highest BCUT2D eigenvalue weighted by Gasteiger charge is 2.10. The highest BCUT2D eigenvalue weighted by molar-refractivity contribution is 9.10. The molecule has 1 aromatic rings. The van der Waals surface area contributed by atoms with E-state index in [1.54, 1.807) is 13.1 Å². The number of hydrogen-bond acceptors (Lipinski definition) is 3. The molecule has 0 fully saturated rings.